The number of hydrogen-bond acceptors (Lipinski definition) is 8. The lowest BCUT2D eigenvalue weighted by Crippen LogP contribution is -2.31. The third kappa shape index (κ3) is 4.07. The second-order valence-corrected chi connectivity index (χ2v) is 5.09. The van der Waals surface area contributed by atoms with Gasteiger partial charge in [0.2, 0.25) is 0 Å². The Balaban J connectivity index is 2.58. The molecule has 0 spiro atoms. The zero-order valence-corrected chi connectivity index (χ0v) is 9.82. The van der Waals surface area contributed by atoms with E-state index < -0.39 is 25.8 Å². The van der Waals surface area contributed by atoms with Crippen molar-refractivity contribution in [3.05, 3.63) is 11.0 Å². The first kappa shape index (κ1) is 13.4. The Morgan fingerprint density at radius 1 is 1.69 bits per heavy atom. The average Bonchev–Trinajstić information content (AvgIpc) is 2.46. The molecule has 0 fully saturated rings. The van der Waals surface area contributed by atoms with Crippen LogP contribution in [0.25, 0.3) is 0 Å². The Kier molecular flexibility index (Phi) is 4.28. The van der Waals surface area contributed by atoms with Crippen LogP contribution in [0.3, 0.4) is 0 Å². The molecule has 7 nitrogen and oxygen atoms in total. The highest BCUT2D eigenvalue weighted by Gasteiger charge is 2.20. The lowest BCUT2D eigenvalue weighted by Gasteiger charge is -2.27. The van der Waals surface area contributed by atoms with Crippen LogP contribution < -0.4 is 14.9 Å². The fourth-order valence-corrected chi connectivity index (χ4v) is 2.16. The first-order chi connectivity index (χ1) is 7.29. The number of carboxylic acid groups (broad SMARTS) is 1. The van der Waals surface area contributed by atoms with Gasteiger partial charge in [0.25, 0.3) is 0 Å². The molecule has 0 aliphatic carbocycles. The summed E-state index contributed by atoms with van der Waals surface area (Å²) in [7, 11) is -5.00. The van der Waals surface area contributed by atoms with E-state index >= 15 is 0 Å². The van der Waals surface area contributed by atoms with E-state index in [1.165, 1.54) is 6.08 Å². The van der Waals surface area contributed by atoms with Crippen LogP contribution in [-0.4, -0.2) is 23.7 Å². The van der Waals surface area contributed by atoms with E-state index in [4.69, 9.17) is 0 Å². The molecule has 16 heavy (non-hydrogen) atoms. The molecule has 1 heterocycles. The largest absolute Gasteiger partial charge is 0.790 e. The molecular formula is C7H7NO6PS-3. The molecule has 1 unspecified atom stereocenters. The van der Waals surface area contributed by atoms with Gasteiger partial charge in [0.1, 0.15) is 5.37 Å². The van der Waals surface area contributed by atoms with Gasteiger partial charge in [-0.05, 0) is 13.0 Å². The number of allylic oxidation sites excluding steroid dienone is 1. The summed E-state index contributed by atoms with van der Waals surface area (Å²) in [5.74, 6) is -1.33. The second kappa shape index (κ2) is 5.11. The van der Waals surface area contributed by atoms with Crippen molar-refractivity contribution in [3.63, 3.8) is 0 Å². The van der Waals surface area contributed by atoms with Gasteiger partial charge in [0.15, 0.2) is 0 Å². The van der Waals surface area contributed by atoms with Crippen molar-refractivity contribution in [1.29, 1.82) is 0 Å². The van der Waals surface area contributed by atoms with Gasteiger partial charge in [0, 0.05) is 10.6 Å². The molecule has 1 rings (SSSR count). The average molecular weight is 264 g/mol. The molecule has 0 aromatic rings. The monoisotopic (exact) mass is 264 g/mol. The maximum absolute atomic E-state index is 10.5. The Hall–Kier alpha value is -0.660. The number of hydrogen-bond donors (Lipinski definition) is 0. The zero-order valence-electron chi connectivity index (χ0n) is 8.11. The zero-order chi connectivity index (χ0) is 12.3. The molecule has 0 saturated carbocycles. The molecule has 0 bridgehead atoms. The molecule has 90 valence electrons. The molecular weight excluding hydrogens is 257 g/mol. The SMILES string of the molecule is CC1=NC(C(=O)[O-])S/C1=C/COP(=O)([O-])[O-]. The van der Waals surface area contributed by atoms with Gasteiger partial charge in [-0.25, -0.2) is 0 Å². The van der Waals surface area contributed by atoms with Crippen LogP contribution in [0.5, 0.6) is 0 Å². The highest BCUT2D eigenvalue weighted by atomic mass is 32.2. The summed E-state index contributed by atoms with van der Waals surface area (Å²) in [6.45, 7) is 1.13. The van der Waals surface area contributed by atoms with Crippen molar-refractivity contribution in [1.82, 2.24) is 0 Å². The van der Waals surface area contributed by atoms with Gasteiger partial charge in [-0.15, -0.1) is 0 Å². The molecule has 0 aromatic heterocycles. The highest BCUT2D eigenvalue weighted by Crippen LogP contribution is 2.32. The summed E-state index contributed by atoms with van der Waals surface area (Å²) >= 11 is 0.899. The van der Waals surface area contributed by atoms with Crippen molar-refractivity contribution in [3.8, 4) is 0 Å². The molecule has 1 aliphatic heterocycles. The van der Waals surface area contributed by atoms with E-state index in [9.17, 15) is 24.3 Å². The Morgan fingerprint density at radius 3 is 2.75 bits per heavy atom. The number of phosphoric ester groups is 1. The van der Waals surface area contributed by atoms with Crippen molar-refractivity contribution in [2.75, 3.05) is 6.61 Å². The number of carbonyl (C=O) groups excluding carboxylic acids is 1. The Labute approximate surface area is 95.5 Å². The minimum absolute atomic E-state index is 0.431. The number of rotatable bonds is 4. The minimum Gasteiger partial charge on any atom is -0.790 e. The van der Waals surface area contributed by atoms with Crippen LogP contribution in [0.15, 0.2) is 16.0 Å². The predicted molar refractivity (Wildman–Crippen MR) is 51.1 cm³/mol. The van der Waals surface area contributed by atoms with E-state index in [1.54, 1.807) is 6.92 Å². The van der Waals surface area contributed by atoms with Crippen LogP contribution in [0.4, 0.5) is 0 Å². The van der Waals surface area contributed by atoms with Crippen molar-refractivity contribution in [2.45, 2.75) is 12.3 Å². The van der Waals surface area contributed by atoms with E-state index in [2.05, 4.69) is 9.52 Å². The van der Waals surface area contributed by atoms with Gasteiger partial charge in [-0.3, -0.25) is 4.99 Å². The summed E-state index contributed by atoms with van der Waals surface area (Å²) in [6.07, 6.45) is 1.29. The van der Waals surface area contributed by atoms with Crippen molar-refractivity contribution in [2.24, 2.45) is 4.99 Å². The first-order valence-electron chi connectivity index (χ1n) is 4.08. The summed E-state index contributed by atoms with van der Waals surface area (Å²) in [4.78, 5) is 35.0. The normalized spacial score (nSPS) is 23.6. The highest BCUT2D eigenvalue weighted by molar-refractivity contribution is 8.05. The van der Waals surface area contributed by atoms with Crippen molar-refractivity contribution >= 4 is 31.3 Å². The van der Waals surface area contributed by atoms with Crippen molar-refractivity contribution < 1.29 is 28.8 Å². The molecule has 0 aromatic carbocycles. The number of phosphoric acid groups is 1. The van der Waals surface area contributed by atoms with E-state index in [-0.39, 0.29) is 0 Å². The van der Waals surface area contributed by atoms with E-state index in [0.717, 1.165) is 11.8 Å². The molecule has 0 N–H and O–H groups in total. The number of nitrogens with zero attached hydrogens (tertiary/aromatic N) is 1. The summed E-state index contributed by atoms with van der Waals surface area (Å²) in [5.41, 5.74) is 0.439. The first-order valence-corrected chi connectivity index (χ1v) is 6.42. The molecule has 9 heteroatoms. The Bertz CT molecular complexity index is 400. The number of aliphatic carboxylic acids is 1. The number of carboxylic acids is 1. The lowest BCUT2D eigenvalue weighted by atomic mass is 10.3. The summed E-state index contributed by atoms with van der Waals surface area (Å²) < 4.78 is 14.1. The van der Waals surface area contributed by atoms with E-state index in [0.29, 0.717) is 10.6 Å². The molecule has 0 radical (unpaired) electrons. The molecule has 1 atom stereocenters. The van der Waals surface area contributed by atoms with Gasteiger partial charge in [0.05, 0.1) is 20.4 Å². The van der Waals surface area contributed by atoms with Crippen LogP contribution in [0.1, 0.15) is 6.92 Å². The van der Waals surface area contributed by atoms with Gasteiger partial charge in [-0.2, -0.15) is 0 Å². The molecule has 0 saturated heterocycles. The maximum atomic E-state index is 10.5. The minimum atomic E-state index is -5.00. The van der Waals surface area contributed by atoms with Crippen LogP contribution >= 0.6 is 19.6 Å². The number of thioether (sulfide) groups is 1. The topological polar surface area (TPSA) is 125 Å². The van der Waals surface area contributed by atoms with Gasteiger partial charge < -0.3 is 28.8 Å². The van der Waals surface area contributed by atoms with Crippen LogP contribution in [-0.2, 0) is 13.9 Å². The smallest absolute Gasteiger partial charge is 0.139 e. The van der Waals surface area contributed by atoms with Crippen LogP contribution in [0, 0.1) is 0 Å². The third-order valence-electron chi connectivity index (χ3n) is 1.61. The summed E-state index contributed by atoms with van der Waals surface area (Å²) in [6, 6.07) is 0. The fourth-order valence-electron chi connectivity index (χ4n) is 0.972. The van der Waals surface area contributed by atoms with Crippen LogP contribution in [0.2, 0.25) is 0 Å². The maximum Gasteiger partial charge on any atom is 0.139 e. The molecule has 0 amide bonds. The number of aliphatic imine (C=N–C) groups is 1. The van der Waals surface area contributed by atoms with E-state index in [1.807, 2.05) is 0 Å². The molecule has 1 aliphatic rings. The fraction of sp³-hybridized carbons (Fsp3) is 0.429. The Morgan fingerprint density at radius 2 is 2.31 bits per heavy atom. The summed E-state index contributed by atoms with van der Waals surface area (Å²) in [5, 5.41) is 9.45. The quantitative estimate of drug-likeness (QED) is 0.537. The van der Waals surface area contributed by atoms with Gasteiger partial charge in [-0.1, -0.05) is 11.8 Å². The lowest BCUT2D eigenvalue weighted by molar-refractivity contribution is -0.341. The third-order valence-corrected chi connectivity index (χ3v) is 3.31. The van der Waals surface area contributed by atoms with Gasteiger partial charge >= 0.3 is 0 Å². The predicted octanol–water partition coefficient (Wildman–Crippen LogP) is -2.00. The number of carbonyl (C=O) groups is 1. The second-order valence-electron chi connectivity index (χ2n) is 2.82. The standard InChI is InChI=1S/C7H10NO6PS/c1-4-5(2-3-14-15(11,12)13)16-6(8-4)7(9)10/h2,6H,3H2,1H3,(H,9,10)(H2,11,12,13)/p-3/b5-2+.